The van der Waals surface area contributed by atoms with Gasteiger partial charge >= 0.3 is 5.97 Å². The molecule has 0 aliphatic carbocycles. The summed E-state index contributed by atoms with van der Waals surface area (Å²) >= 11 is 0. The van der Waals surface area contributed by atoms with Crippen LogP contribution in [0.15, 0.2) is 29.2 Å². The quantitative estimate of drug-likeness (QED) is 0.734. The van der Waals surface area contributed by atoms with Crippen LogP contribution in [0.25, 0.3) is 0 Å². The molecule has 1 N–H and O–H groups in total. The molecule has 8 nitrogen and oxygen atoms in total. The summed E-state index contributed by atoms with van der Waals surface area (Å²) in [6, 6.07) is 4.85. The lowest BCUT2D eigenvalue weighted by Crippen LogP contribution is -2.49. The molecule has 1 aliphatic heterocycles. The minimum absolute atomic E-state index is 0.0294. The van der Waals surface area contributed by atoms with Crippen LogP contribution in [0.1, 0.15) is 30.6 Å². The minimum atomic E-state index is -4.07. The van der Waals surface area contributed by atoms with Crippen molar-refractivity contribution in [2.45, 2.75) is 31.2 Å². The van der Waals surface area contributed by atoms with Crippen LogP contribution in [0.3, 0.4) is 0 Å². The zero-order chi connectivity index (χ0) is 18.8. The molecule has 2 atom stereocenters. The van der Waals surface area contributed by atoms with Gasteiger partial charge in [0.05, 0.1) is 12.7 Å². The number of benzene rings is 1. The highest BCUT2D eigenvalue weighted by molar-refractivity contribution is 7.90. The molecule has 2 unspecified atom stereocenters. The van der Waals surface area contributed by atoms with Gasteiger partial charge in [-0.15, -0.1) is 0 Å². The molecule has 0 bridgehead atoms. The second-order valence-corrected chi connectivity index (χ2v) is 7.60. The average Bonchev–Trinajstić information content (AvgIpc) is 2.79. The predicted molar refractivity (Wildman–Crippen MR) is 88.1 cm³/mol. The number of hydrogen-bond acceptors (Lipinski definition) is 6. The van der Waals surface area contributed by atoms with E-state index in [1.165, 1.54) is 25.3 Å². The van der Waals surface area contributed by atoms with E-state index in [0.717, 1.165) is 0 Å². The fourth-order valence-electron chi connectivity index (χ4n) is 2.53. The zero-order valence-corrected chi connectivity index (χ0v) is 15.0. The van der Waals surface area contributed by atoms with E-state index in [4.69, 9.17) is 0 Å². The number of fused-ring (bicyclic) bond motifs is 1. The lowest BCUT2D eigenvalue weighted by molar-refractivity contribution is -0.146. The molecule has 0 saturated carbocycles. The normalized spacial score (nSPS) is 17.6. The van der Waals surface area contributed by atoms with Crippen LogP contribution in [0.4, 0.5) is 0 Å². The molecule has 25 heavy (non-hydrogen) atoms. The summed E-state index contributed by atoms with van der Waals surface area (Å²) in [5, 5.41) is 2.46. The summed E-state index contributed by atoms with van der Waals surface area (Å²) in [6.45, 7) is 2.91. The molecule has 0 saturated heterocycles. The Labute approximate surface area is 146 Å². The van der Waals surface area contributed by atoms with Crippen molar-refractivity contribution >= 4 is 27.8 Å². The second kappa shape index (κ2) is 7.22. The molecule has 0 aromatic heterocycles. The summed E-state index contributed by atoms with van der Waals surface area (Å²) in [7, 11) is -2.87. The van der Waals surface area contributed by atoms with Crippen LogP contribution in [-0.2, 0) is 24.3 Å². The van der Waals surface area contributed by atoms with E-state index in [0.29, 0.717) is 10.7 Å². The molecule has 0 spiro atoms. The van der Waals surface area contributed by atoms with Gasteiger partial charge in [-0.25, -0.2) is 17.5 Å². The van der Waals surface area contributed by atoms with Gasteiger partial charge in [0.15, 0.2) is 0 Å². The van der Waals surface area contributed by atoms with Crippen molar-refractivity contribution in [2.75, 3.05) is 13.7 Å². The number of carbonyl (C=O) groups is 3. The first-order chi connectivity index (χ1) is 11.7. The van der Waals surface area contributed by atoms with Gasteiger partial charge < -0.3 is 10.1 Å². The zero-order valence-electron chi connectivity index (χ0n) is 14.2. The van der Waals surface area contributed by atoms with E-state index in [1.54, 1.807) is 13.0 Å². The lowest BCUT2D eigenvalue weighted by atomic mass is 9.99. The number of esters is 1. The summed E-state index contributed by atoms with van der Waals surface area (Å²) in [4.78, 5) is 36.2. The summed E-state index contributed by atoms with van der Waals surface area (Å²) in [6.07, 6.45) is 0.604. The largest absolute Gasteiger partial charge is 0.467 e. The van der Waals surface area contributed by atoms with Crippen molar-refractivity contribution in [3.05, 3.63) is 29.8 Å². The fraction of sp³-hybridized carbons (Fsp3) is 0.438. The molecule has 1 aromatic carbocycles. The summed E-state index contributed by atoms with van der Waals surface area (Å²) < 4.78 is 30.0. The molecule has 9 heteroatoms. The van der Waals surface area contributed by atoms with Gasteiger partial charge in [-0.2, -0.15) is 0 Å². The molecule has 2 amide bonds. The molecule has 1 aromatic rings. The standard InChI is InChI=1S/C16H20N2O6S/c1-4-10(2)14(16(21)24-3)17-13(19)9-18-15(20)11-7-5-6-8-12(11)25(18,22)23/h5-8,10,14H,4,9H2,1-3H3,(H,17,19). The van der Waals surface area contributed by atoms with E-state index in [-0.39, 0.29) is 16.4 Å². The summed E-state index contributed by atoms with van der Waals surface area (Å²) in [5.74, 6) is -2.34. The number of hydrogen-bond donors (Lipinski definition) is 1. The van der Waals surface area contributed by atoms with E-state index in [2.05, 4.69) is 10.1 Å². The number of rotatable bonds is 6. The summed E-state index contributed by atoms with van der Waals surface area (Å²) in [5.41, 5.74) is 0.0294. The number of ether oxygens (including phenoxy) is 1. The molecule has 136 valence electrons. The van der Waals surface area contributed by atoms with Crippen LogP contribution < -0.4 is 5.32 Å². The second-order valence-electron chi connectivity index (χ2n) is 5.77. The van der Waals surface area contributed by atoms with Crippen molar-refractivity contribution in [1.82, 2.24) is 9.62 Å². The van der Waals surface area contributed by atoms with E-state index in [9.17, 15) is 22.8 Å². The highest BCUT2D eigenvalue weighted by atomic mass is 32.2. The van der Waals surface area contributed by atoms with Gasteiger partial charge in [0.1, 0.15) is 17.5 Å². The highest BCUT2D eigenvalue weighted by Crippen LogP contribution is 2.29. The maximum atomic E-state index is 12.4. The molecule has 1 heterocycles. The molecule has 0 radical (unpaired) electrons. The Morgan fingerprint density at radius 1 is 1.28 bits per heavy atom. The first kappa shape index (κ1) is 18.9. The molecular formula is C16H20N2O6S. The van der Waals surface area contributed by atoms with Gasteiger partial charge in [0.2, 0.25) is 5.91 Å². The van der Waals surface area contributed by atoms with Crippen LogP contribution in [0, 0.1) is 5.92 Å². The van der Waals surface area contributed by atoms with E-state index in [1.807, 2.05) is 6.92 Å². The number of methoxy groups -OCH3 is 1. The lowest BCUT2D eigenvalue weighted by Gasteiger charge is -2.23. The molecule has 0 fully saturated rings. The van der Waals surface area contributed by atoms with Crippen LogP contribution >= 0.6 is 0 Å². The van der Waals surface area contributed by atoms with Gasteiger partial charge in [0, 0.05) is 0 Å². The van der Waals surface area contributed by atoms with Gasteiger partial charge in [-0.05, 0) is 18.1 Å². The Morgan fingerprint density at radius 2 is 1.92 bits per heavy atom. The van der Waals surface area contributed by atoms with Crippen molar-refractivity contribution in [1.29, 1.82) is 0 Å². The number of sulfonamides is 1. The Morgan fingerprint density at radius 3 is 2.48 bits per heavy atom. The Kier molecular flexibility index (Phi) is 5.46. The van der Waals surface area contributed by atoms with Crippen molar-refractivity contribution < 1.29 is 27.5 Å². The van der Waals surface area contributed by atoms with Crippen LogP contribution in [0.5, 0.6) is 0 Å². The van der Waals surface area contributed by atoms with Gasteiger partial charge in [0.25, 0.3) is 15.9 Å². The van der Waals surface area contributed by atoms with Crippen molar-refractivity contribution in [2.24, 2.45) is 5.92 Å². The molecule has 2 rings (SSSR count). The predicted octanol–water partition coefficient (Wildman–Crippen LogP) is 0.535. The Bertz CT molecular complexity index is 805. The Balaban J connectivity index is 2.18. The third-order valence-electron chi connectivity index (χ3n) is 4.18. The van der Waals surface area contributed by atoms with E-state index < -0.39 is 40.4 Å². The van der Waals surface area contributed by atoms with Crippen LogP contribution in [0.2, 0.25) is 0 Å². The van der Waals surface area contributed by atoms with Crippen molar-refractivity contribution in [3.8, 4) is 0 Å². The monoisotopic (exact) mass is 368 g/mol. The number of nitrogens with one attached hydrogen (secondary N) is 1. The fourth-order valence-corrected chi connectivity index (χ4v) is 4.06. The van der Waals surface area contributed by atoms with Gasteiger partial charge in [-0.1, -0.05) is 32.4 Å². The van der Waals surface area contributed by atoms with Crippen molar-refractivity contribution in [3.63, 3.8) is 0 Å². The molecular weight excluding hydrogens is 348 g/mol. The third kappa shape index (κ3) is 3.51. The first-order valence-electron chi connectivity index (χ1n) is 7.77. The highest BCUT2D eigenvalue weighted by Gasteiger charge is 2.42. The maximum Gasteiger partial charge on any atom is 0.328 e. The maximum absolute atomic E-state index is 12.4. The van der Waals surface area contributed by atoms with E-state index >= 15 is 0 Å². The minimum Gasteiger partial charge on any atom is -0.467 e. The smallest absolute Gasteiger partial charge is 0.328 e. The SMILES string of the molecule is CCC(C)C(NC(=O)CN1C(=O)c2ccccc2S1(=O)=O)C(=O)OC. The number of nitrogens with zero attached hydrogens (tertiary/aromatic N) is 1. The topological polar surface area (TPSA) is 110 Å². The first-order valence-corrected chi connectivity index (χ1v) is 9.21. The number of carbonyl (C=O) groups excluding carboxylic acids is 3. The number of amides is 2. The third-order valence-corrected chi connectivity index (χ3v) is 5.97. The average molecular weight is 368 g/mol. The Hall–Kier alpha value is -2.42. The van der Waals surface area contributed by atoms with Gasteiger partial charge in [-0.3, -0.25) is 9.59 Å². The van der Waals surface area contributed by atoms with Crippen LogP contribution in [-0.4, -0.2) is 50.2 Å². The molecule has 1 aliphatic rings.